The van der Waals surface area contributed by atoms with E-state index in [4.69, 9.17) is 0 Å². The van der Waals surface area contributed by atoms with Gasteiger partial charge >= 0.3 is 0 Å². The van der Waals surface area contributed by atoms with Crippen LogP contribution < -0.4 is 5.56 Å². The molecule has 0 aliphatic heterocycles. The fourth-order valence-corrected chi connectivity index (χ4v) is 3.09. The average Bonchev–Trinajstić information content (AvgIpc) is 3.05. The molecule has 3 nitrogen and oxygen atoms in total. The van der Waals surface area contributed by atoms with Crippen LogP contribution in [0.4, 0.5) is 0 Å². The molecule has 0 saturated heterocycles. The van der Waals surface area contributed by atoms with Crippen molar-refractivity contribution in [3.63, 3.8) is 0 Å². The fourth-order valence-electron chi connectivity index (χ4n) is 2.47. The van der Waals surface area contributed by atoms with E-state index < -0.39 is 0 Å². The molecular weight excluding hydrogens is 292 g/mol. The van der Waals surface area contributed by atoms with E-state index in [2.05, 4.69) is 9.97 Å². The maximum absolute atomic E-state index is 12.3. The second kappa shape index (κ2) is 5.24. The highest BCUT2D eigenvalue weighted by Gasteiger charge is 2.04. The van der Waals surface area contributed by atoms with Gasteiger partial charge in [-0.05, 0) is 46.5 Å². The molecule has 4 aromatic rings. The van der Waals surface area contributed by atoms with Crippen LogP contribution in [0.2, 0.25) is 0 Å². The summed E-state index contributed by atoms with van der Waals surface area (Å²) in [6.07, 6.45) is 3.79. The normalized spacial score (nSPS) is 11.6. The maximum Gasteiger partial charge on any atom is 0.259 e. The highest BCUT2D eigenvalue weighted by atomic mass is 32.1. The highest BCUT2D eigenvalue weighted by Crippen LogP contribution is 2.19. The molecule has 0 bridgehead atoms. The maximum atomic E-state index is 12.3. The zero-order valence-corrected chi connectivity index (χ0v) is 12.4. The number of rotatable bonds is 2. The zero-order chi connectivity index (χ0) is 14.9. The Morgan fingerprint density at radius 3 is 2.59 bits per heavy atom. The van der Waals surface area contributed by atoms with Crippen LogP contribution in [0.5, 0.6) is 0 Å². The van der Waals surface area contributed by atoms with Gasteiger partial charge in [-0.15, -0.1) is 11.3 Å². The van der Waals surface area contributed by atoms with E-state index in [1.54, 1.807) is 11.3 Å². The minimum absolute atomic E-state index is 0.110. The Bertz CT molecular complexity index is 1050. The van der Waals surface area contributed by atoms with Crippen LogP contribution in [0.25, 0.3) is 33.8 Å². The Morgan fingerprint density at radius 1 is 1.00 bits per heavy atom. The number of nitrogens with zero attached hydrogens (tertiary/aromatic N) is 1. The predicted octanol–water partition coefficient (Wildman–Crippen LogP) is 4.31. The first kappa shape index (κ1) is 13.0. The third kappa shape index (κ3) is 2.34. The van der Waals surface area contributed by atoms with Crippen molar-refractivity contribution in [2.24, 2.45) is 0 Å². The van der Waals surface area contributed by atoms with Gasteiger partial charge < -0.3 is 4.98 Å². The molecule has 0 fully saturated rings. The van der Waals surface area contributed by atoms with Crippen molar-refractivity contribution in [2.75, 3.05) is 0 Å². The fraction of sp³-hybridized carbons (Fsp3) is 0. The van der Waals surface area contributed by atoms with Gasteiger partial charge in [0.1, 0.15) is 5.82 Å². The SMILES string of the molecule is O=c1[nH]c(C=Cc2cccs2)nc2cc3ccccc3cc12. The topological polar surface area (TPSA) is 45.8 Å². The number of aromatic nitrogens is 2. The van der Waals surface area contributed by atoms with Gasteiger partial charge in [0.2, 0.25) is 0 Å². The Hall–Kier alpha value is -2.72. The molecule has 0 saturated carbocycles. The molecule has 4 rings (SSSR count). The molecule has 0 spiro atoms. The lowest BCUT2D eigenvalue weighted by Gasteiger charge is -2.02. The molecule has 22 heavy (non-hydrogen) atoms. The number of nitrogens with one attached hydrogen (secondary N) is 1. The molecule has 0 aliphatic rings. The van der Waals surface area contributed by atoms with Crippen LogP contribution in [0.15, 0.2) is 58.7 Å². The highest BCUT2D eigenvalue weighted by molar-refractivity contribution is 7.10. The summed E-state index contributed by atoms with van der Waals surface area (Å²) in [4.78, 5) is 20.8. The third-order valence-electron chi connectivity index (χ3n) is 3.54. The van der Waals surface area contributed by atoms with Crippen LogP contribution in [0.1, 0.15) is 10.7 Å². The van der Waals surface area contributed by atoms with Gasteiger partial charge in [-0.1, -0.05) is 30.3 Å². The van der Waals surface area contributed by atoms with E-state index in [-0.39, 0.29) is 5.56 Å². The van der Waals surface area contributed by atoms with Crippen molar-refractivity contribution in [3.05, 3.63) is 75.0 Å². The molecule has 0 amide bonds. The number of fused-ring (bicyclic) bond motifs is 2. The van der Waals surface area contributed by atoms with E-state index in [1.807, 2.05) is 66.1 Å². The van der Waals surface area contributed by atoms with Gasteiger partial charge in [-0.25, -0.2) is 4.98 Å². The summed E-state index contributed by atoms with van der Waals surface area (Å²) >= 11 is 1.65. The summed E-state index contributed by atoms with van der Waals surface area (Å²) in [5.74, 6) is 0.571. The van der Waals surface area contributed by atoms with E-state index in [1.165, 1.54) is 0 Å². The second-order valence-electron chi connectivity index (χ2n) is 5.02. The van der Waals surface area contributed by atoms with Crippen molar-refractivity contribution in [3.8, 4) is 0 Å². The minimum Gasteiger partial charge on any atom is -0.306 e. The van der Waals surface area contributed by atoms with Crippen molar-refractivity contribution >= 4 is 45.2 Å². The Morgan fingerprint density at radius 2 is 1.82 bits per heavy atom. The van der Waals surface area contributed by atoms with Crippen LogP contribution in [-0.2, 0) is 0 Å². The molecule has 2 heterocycles. The molecule has 2 aromatic heterocycles. The van der Waals surface area contributed by atoms with Crippen LogP contribution in [0.3, 0.4) is 0 Å². The quantitative estimate of drug-likeness (QED) is 0.561. The molecule has 2 aromatic carbocycles. The Labute approximate surface area is 130 Å². The summed E-state index contributed by atoms with van der Waals surface area (Å²) in [7, 11) is 0. The van der Waals surface area contributed by atoms with Gasteiger partial charge in [0.25, 0.3) is 5.56 Å². The Balaban J connectivity index is 1.88. The van der Waals surface area contributed by atoms with Gasteiger partial charge in [0.15, 0.2) is 0 Å². The lowest BCUT2D eigenvalue weighted by Crippen LogP contribution is -2.09. The average molecular weight is 304 g/mol. The van der Waals surface area contributed by atoms with Crippen molar-refractivity contribution < 1.29 is 0 Å². The van der Waals surface area contributed by atoms with Crippen LogP contribution in [0, 0.1) is 0 Å². The number of hydrogen-bond acceptors (Lipinski definition) is 3. The van der Waals surface area contributed by atoms with Crippen molar-refractivity contribution in [1.82, 2.24) is 9.97 Å². The standard InChI is InChI=1S/C18H12N2OS/c21-18-15-10-12-4-1-2-5-13(12)11-16(15)19-17(20-18)8-7-14-6-3-9-22-14/h1-11H,(H,19,20,21). The van der Waals surface area contributed by atoms with E-state index in [0.717, 1.165) is 15.6 Å². The molecule has 1 N–H and O–H groups in total. The minimum atomic E-state index is -0.110. The van der Waals surface area contributed by atoms with Crippen LogP contribution in [-0.4, -0.2) is 9.97 Å². The number of aromatic amines is 1. The van der Waals surface area contributed by atoms with E-state index in [9.17, 15) is 4.79 Å². The second-order valence-corrected chi connectivity index (χ2v) is 6.00. The van der Waals surface area contributed by atoms with Crippen LogP contribution >= 0.6 is 11.3 Å². The summed E-state index contributed by atoms with van der Waals surface area (Å²) in [6.45, 7) is 0. The molecule has 4 heteroatoms. The monoisotopic (exact) mass is 304 g/mol. The zero-order valence-electron chi connectivity index (χ0n) is 11.6. The summed E-state index contributed by atoms with van der Waals surface area (Å²) < 4.78 is 0. The third-order valence-corrected chi connectivity index (χ3v) is 4.38. The number of H-pyrrole nitrogens is 1. The molecular formula is C18H12N2OS. The number of thiophene rings is 1. The van der Waals surface area contributed by atoms with E-state index >= 15 is 0 Å². The number of hydrogen-bond donors (Lipinski definition) is 1. The van der Waals surface area contributed by atoms with Gasteiger partial charge in [0, 0.05) is 4.88 Å². The summed E-state index contributed by atoms with van der Waals surface area (Å²) in [6, 6.07) is 15.8. The van der Waals surface area contributed by atoms with Gasteiger partial charge in [0.05, 0.1) is 10.9 Å². The largest absolute Gasteiger partial charge is 0.306 e. The number of benzene rings is 2. The smallest absolute Gasteiger partial charge is 0.259 e. The predicted molar refractivity (Wildman–Crippen MR) is 93.1 cm³/mol. The lowest BCUT2D eigenvalue weighted by molar-refractivity contribution is 1.14. The first-order valence-corrected chi connectivity index (χ1v) is 7.82. The first-order chi connectivity index (χ1) is 10.8. The molecule has 0 atom stereocenters. The summed E-state index contributed by atoms with van der Waals surface area (Å²) in [5, 5.41) is 4.76. The van der Waals surface area contributed by atoms with Gasteiger partial charge in [-0.2, -0.15) is 0 Å². The molecule has 0 unspecified atom stereocenters. The van der Waals surface area contributed by atoms with E-state index in [0.29, 0.717) is 16.7 Å². The summed E-state index contributed by atoms with van der Waals surface area (Å²) in [5.41, 5.74) is 0.606. The molecule has 106 valence electrons. The van der Waals surface area contributed by atoms with Gasteiger partial charge in [-0.3, -0.25) is 4.79 Å². The Kier molecular flexibility index (Phi) is 3.09. The lowest BCUT2D eigenvalue weighted by atomic mass is 10.1. The molecule has 0 radical (unpaired) electrons. The molecule has 0 aliphatic carbocycles. The first-order valence-electron chi connectivity index (χ1n) is 6.94. The van der Waals surface area contributed by atoms with Crippen molar-refractivity contribution in [2.45, 2.75) is 0 Å². The van der Waals surface area contributed by atoms with Crippen molar-refractivity contribution in [1.29, 1.82) is 0 Å².